The molecule has 0 atom stereocenters. The molecule has 0 fully saturated rings. The Morgan fingerprint density at radius 2 is 2.00 bits per heavy atom. The molecule has 4 nitrogen and oxygen atoms in total. The summed E-state index contributed by atoms with van der Waals surface area (Å²) in [6, 6.07) is 5.38. The summed E-state index contributed by atoms with van der Waals surface area (Å²) in [5.74, 6) is -0.420. The predicted molar refractivity (Wildman–Crippen MR) is 63.5 cm³/mol. The lowest BCUT2D eigenvalue weighted by Crippen LogP contribution is -2.04. The summed E-state index contributed by atoms with van der Waals surface area (Å²) in [6.45, 7) is 1.90. The fraction of sp³-hybridized carbons (Fsp3) is 0.385. The van der Waals surface area contributed by atoms with Gasteiger partial charge in [0.15, 0.2) is 5.78 Å². The maximum Gasteiger partial charge on any atom is 0.303 e. The number of ether oxygens (including phenoxy) is 1. The Morgan fingerprint density at radius 1 is 1.29 bits per heavy atom. The zero-order chi connectivity index (χ0) is 12.8. The van der Waals surface area contributed by atoms with Crippen molar-refractivity contribution >= 4 is 11.8 Å². The molecule has 1 N–H and O–H groups in total. The first-order valence-corrected chi connectivity index (χ1v) is 5.44. The van der Waals surface area contributed by atoms with Gasteiger partial charge in [0.2, 0.25) is 0 Å². The first-order valence-electron chi connectivity index (χ1n) is 5.44. The van der Waals surface area contributed by atoms with Gasteiger partial charge in [-0.2, -0.15) is 0 Å². The van der Waals surface area contributed by atoms with Gasteiger partial charge in [0.1, 0.15) is 5.75 Å². The van der Waals surface area contributed by atoms with Crippen molar-refractivity contribution in [3.05, 3.63) is 29.3 Å². The average molecular weight is 236 g/mol. The number of rotatable bonds is 6. The van der Waals surface area contributed by atoms with E-state index in [9.17, 15) is 9.59 Å². The fourth-order valence-electron chi connectivity index (χ4n) is 1.57. The van der Waals surface area contributed by atoms with Crippen LogP contribution in [0.25, 0.3) is 0 Å². The highest BCUT2D eigenvalue weighted by molar-refractivity contribution is 5.98. The van der Waals surface area contributed by atoms with Gasteiger partial charge in [-0.3, -0.25) is 9.59 Å². The van der Waals surface area contributed by atoms with Gasteiger partial charge in [0.25, 0.3) is 0 Å². The third kappa shape index (κ3) is 3.90. The number of aryl methyl sites for hydroxylation is 1. The summed E-state index contributed by atoms with van der Waals surface area (Å²) in [7, 11) is 1.51. The maximum atomic E-state index is 11.9. The Kier molecular flexibility index (Phi) is 4.69. The summed E-state index contributed by atoms with van der Waals surface area (Å²) >= 11 is 0. The lowest BCUT2D eigenvalue weighted by Gasteiger charge is -2.08. The second kappa shape index (κ2) is 6.03. The van der Waals surface area contributed by atoms with Gasteiger partial charge < -0.3 is 9.84 Å². The number of ketones is 1. The highest BCUT2D eigenvalue weighted by Crippen LogP contribution is 2.21. The molecule has 0 saturated carbocycles. The topological polar surface area (TPSA) is 63.6 Å². The second-order valence-electron chi connectivity index (χ2n) is 3.87. The van der Waals surface area contributed by atoms with Crippen LogP contribution in [0.1, 0.15) is 35.2 Å². The Hall–Kier alpha value is -1.84. The van der Waals surface area contributed by atoms with E-state index in [1.807, 2.05) is 13.0 Å². The number of benzene rings is 1. The molecule has 92 valence electrons. The van der Waals surface area contributed by atoms with Crippen LogP contribution in [0.5, 0.6) is 5.75 Å². The third-order valence-corrected chi connectivity index (χ3v) is 2.45. The van der Waals surface area contributed by atoms with Crippen molar-refractivity contribution in [2.24, 2.45) is 0 Å². The molecule has 0 unspecified atom stereocenters. The van der Waals surface area contributed by atoms with Gasteiger partial charge in [0.05, 0.1) is 12.7 Å². The highest BCUT2D eigenvalue weighted by Gasteiger charge is 2.12. The van der Waals surface area contributed by atoms with Gasteiger partial charge in [0, 0.05) is 12.8 Å². The van der Waals surface area contributed by atoms with Gasteiger partial charge in [-0.15, -0.1) is 0 Å². The van der Waals surface area contributed by atoms with Crippen LogP contribution in [0, 0.1) is 6.92 Å². The number of methoxy groups -OCH3 is 1. The van der Waals surface area contributed by atoms with Crippen LogP contribution in [0.3, 0.4) is 0 Å². The molecule has 0 bridgehead atoms. The molecular weight excluding hydrogens is 220 g/mol. The maximum absolute atomic E-state index is 11.9. The number of aliphatic carboxylic acids is 1. The van der Waals surface area contributed by atoms with Crippen molar-refractivity contribution in [3.8, 4) is 5.75 Å². The monoisotopic (exact) mass is 236 g/mol. The first kappa shape index (κ1) is 13.2. The normalized spacial score (nSPS) is 10.0. The van der Waals surface area contributed by atoms with Crippen molar-refractivity contribution in [3.63, 3.8) is 0 Å². The number of carbonyl (C=O) groups is 2. The van der Waals surface area contributed by atoms with Crippen molar-refractivity contribution < 1.29 is 19.4 Å². The van der Waals surface area contributed by atoms with E-state index in [2.05, 4.69) is 0 Å². The Balaban J connectivity index is 2.73. The molecule has 0 radical (unpaired) electrons. The van der Waals surface area contributed by atoms with E-state index < -0.39 is 5.97 Å². The lowest BCUT2D eigenvalue weighted by molar-refractivity contribution is -0.137. The van der Waals surface area contributed by atoms with Crippen LogP contribution >= 0.6 is 0 Å². The molecule has 17 heavy (non-hydrogen) atoms. The number of Topliss-reactive ketones (excluding diaryl/α,β-unsaturated/α-hetero) is 1. The van der Waals surface area contributed by atoms with E-state index in [-0.39, 0.29) is 18.6 Å². The molecule has 0 heterocycles. The number of hydrogen-bond acceptors (Lipinski definition) is 3. The van der Waals surface area contributed by atoms with E-state index in [1.165, 1.54) is 7.11 Å². The van der Waals surface area contributed by atoms with Crippen LogP contribution < -0.4 is 4.74 Å². The van der Waals surface area contributed by atoms with Crippen molar-refractivity contribution in [2.75, 3.05) is 7.11 Å². The molecule has 0 saturated heterocycles. The minimum absolute atomic E-state index is 0.0138. The van der Waals surface area contributed by atoms with E-state index in [4.69, 9.17) is 9.84 Å². The quantitative estimate of drug-likeness (QED) is 0.770. The van der Waals surface area contributed by atoms with Gasteiger partial charge >= 0.3 is 5.97 Å². The lowest BCUT2D eigenvalue weighted by atomic mass is 10.0. The molecule has 4 heteroatoms. The molecule has 0 spiro atoms. The minimum Gasteiger partial charge on any atom is -0.496 e. The number of carbonyl (C=O) groups excluding carboxylic acids is 1. The van der Waals surface area contributed by atoms with Gasteiger partial charge in [-0.1, -0.05) is 11.6 Å². The second-order valence-corrected chi connectivity index (χ2v) is 3.87. The van der Waals surface area contributed by atoms with Crippen LogP contribution in [0.4, 0.5) is 0 Å². The summed E-state index contributed by atoms with van der Waals surface area (Å²) in [5.41, 5.74) is 1.50. The molecule has 0 aliphatic rings. The average Bonchev–Trinajstić information content (AvgIpc) is 2.28. The van der Waals surface area contributed by atoms with Crippen LogP contribution in [0.15, 0.2) is 18.2 Å². The van der Waals surface area contributed by atoms with E-state index in [1.54, 1.807) is 12.1 Å². The Labute approximate surface area is 100 Å². The number of hydrogen-bond donors (Lipinski definition) is 1. The zero-order valence-electron chi connectivity index (χ0n) is 10.0. The molecular formula is C13H16O4. The molecule has 0 amide bonds. The SMILES string of the molecule is COc1ccc(C)cc1C(=O)CCCC(=O)O. The minimum atomic E-state index is -0.881. The van der Waals surface area contributed by atoms with Crippen molar-refractivity contribution in [2.45, 2.75) is 26.2 Å². The van der Waals surface area contributed by atoms with Gasteiger partial charge in [-0.05, 0) is 25.5 Å². The van der Waals surface area contributed by atoms with E-state index in [0.717, 1.165) is 5.56 Å². The molecule has 0 aliphatic heterocycles. The smallest absolute Gasteiger partial charge is 0.303 e. The van der Waals surface area contributed by atoms with Crippen molar-refractivity contribution in [1.29, 1.82) is 0 Å². The molecule has 0 aromatic heterocycles. The fourth-order valence-corrected chi connectivity index (χ4v) is 1.57. The first-order chi connectivity index (χ1) is 8.04. The number of carboxylic acid groups (broad SMARTS) is 1. The van der Waals surface area contributed by atoms with E-state index >= 15 is 0 Å². The van der Waals surface area contributed by atoms with Crippen LogP contribution in [0.2, 0.25) is 0 Å². The largest absolute Gasteiger partial charge is 0.496 e. The van der Waals surface area contributed by atoms with Crippen LogP contribution in [-0.4, -0.2) is 24.0 Å². The Morgan fingerprint density at radius 3 is 2.59 bits per heavy atom. The third-order valence-electron chi connectivity index (χ3n) is 2.45. The van der Waals surface area contributed by atoms with Crippen LogP contribution in [-0.2, 0) is 4.79 Å². The van der Waals surface area contributed by atoms with Gasteiger partial charge in [-0.25, -0.2) is 0 Å². The molecule has 1 rings (SSSR count). The summed E-state index contributed by atoms with van der Waals surface area (Å²) in [5, 5.41) is 8.51. The zero-order valence-corrected chi connectivity index (χ0v) is 10.0. The summed E-state index contributed by atoms with van der Waals surface area (Å²) in [6.07, 6.45) is 0.594. The summed E-state index contributed by atoms with van der Waals surface area (Å²) in [4.78, 5) is 22.2. The molecule has 1 aromatic rings. The molecule has 0 aliphatic carbocycles. The summed E-state index contributed by atoms with van der Waals surface area (Å²) < 4.78 is 5.11. The van der Waals surface area contributed by atoms with E-state index in [0.29, 0.717) is 17.7 Å². The Bertz CT molecular complexity index is 423. The number of carboxylic acids is 1. The standard InChI is InChI=1S/C13H16O4/c1-9-6-7-12(17-2)10(8-9)11(14)4-3-5-13(15)16/h6-8H,3-5H2,1-2H3,(H,15,16). The predicted octanol–water partition coefficient (Wildman–Crippen LogP) is 2.44. The van der Waals surface area contributed by atoms with Crippen molar-refractivity contribution in [1.82, 2.24) is 0 Å². The molecule has 1 aromatic carbocycles. The highest BCUT2D eigenvalue weighted by atomic mass is 16.5.